The predicted octanol–water partition coefficient (Wildman–Crippen LogP) is 1.69. The molecule has 0 radical (unpaired) electrons. The molecule has 1 saturated heterocycles. The highest BCUT2D eigenvalue weighted by molar-refractivity contribution is 5.95. The van der Waals surface area contributed by atoms with Gasteiger partial charge in [-0.05, 0) is 45.1 Å². The molecular weight excluding hydrogens is 332 g/mol. The molecule has 1 unspecified atom stereocenters. The Morgan fingerprint density at radius 1 is 1.12 bits per heavy atom. The lowest BCUT2D eigenvalue weighted by Crippen LogP contribution is -2.48. The molecule has 0 aromatic carbocycles. The minimum Gasteiger partial charge on any atom is -0.353 e. The van der Waals surface area contributed by atoms with Crippen LogP contribution in [0.5, 0.6) is 0 Å². The molecule has 2 fully saturated rings. The van der Waals surface area contributed by atoms with Crippen molar-refractivity contribution in [2.24, 2.45) is 5.92 Å². The van der Waals surface area contributed by atoms with Crippen molar-refractivity contribution in [3.63, 3.8) is 0 Å². The molecule has 1 aliphatic heterocycles. The van der Waals surface area contributed by atoms with E-state index in [1.165, 1.54) is 19.3 Å². The zero-order chi connectivity index (χ0) is 18.7. The van der Waals surface area contributed by atoms with Gasteiger partial charge in [-0.2, -0.15) is 5.10 Å². The van der Waals surface area contributed by atoms with Gasteiger partial charge in [0, 0.05) is 19.1 Å². The summed E-state index contributed by atoms with van der Waals surface area (Å²) in [5.74, 6) is -0.452. The number of amides is 2. The SMILES string of the molecule is Cc1n[nH]c(=O)c(C(=O)N2CCCC(C(=O)NC3CCCCC3)C2)c1C. The standard InChI is InChI=1S/C19H28N4O3/c1-12-13(2)21-22-18(25)16(12)19(26)23-10-6-7-14(11-23)17(24)20-15-8-4-3-5-9-15/h14-15H,3-11H2,1-2H3,(H,20,24)(H,22,25). The molecule has 2 aliphatic rings. The van der Waals surface area contributed by atoms with Gasteiger partial charge in [0.05, 0.1) is 11.6 Å². The maximum Gasteiger partial charge on any atom is 0.277 e. The molecule has 0 bridgehead atoms. The highest BCUT2D eigenvalue weighted by Gasteiger charge is 2.31. The van der Waals surface area contributed by atoms with Crippen LogP contribution >= 0.6 is 0 Å². The lowest BCUT2D eigenvalue weighted by molar-refractivity contribution is -0.127. The van der Waals surface area contributed by atoms with Gasteiger partial charge in [0.2, 0.25) is 5.91 Å². The fraction of sp³-hybridized carbons (Fsp3) is 0.684. The van der Waals surface area contributed by atoms with Gasteiger partial charge in [-0.3, -0.25) is 14.4 Å². The summed E-state index contributed by atoms with van der Waals surface area (Å²) in [5, 5.41) is 9.45. The maximum atomic E-state index is 12.9. The highest BCUT2D eigenvalue weighted by atomic mass is 16.2. The third-order valence-electron chi connectivity index (χ3n) is 5.71. The molecule has 2 heterocycles. The minimum atomic E-state index is -0.466. The Balaban J connectivity index is 1.68. The molecule has 1 aromatic heterocycles. The number of rotatable bonds is 3. The number of likely N-dealkylation sites (tertiary alicyclic amines) is 1. The van der Waals surface area contributed by atoms with Crippen LogP contribution in [0.2, 0.25) is 0 Å². The second-order valence-corrected chi connectivity index (χ2v) is 7.57. The van der Waals surface area contributed by atoms with Gasteiger partial charge in [0.25, 0.3) is 11.5 Å². The van der Waals surface area contributed by atoms with E-state index in [4.69, 9.17) is 0 Å². The number of nitrogens with zero attached hydrogens (tertiary/aromatic N) is 2. The third kappa shape index (κ3) is 3.97. The lowest BCUT2D eigenvalue weighted by Gasteiger charge is -2.33. The molecule has 1 aliphatic carbocycles. The van der Waals surface area contributed by atoms with Crippen LogP contribution in [0.3, 0.4) is 0 Å². The van der Waals surface area contributed by atoms with Crippen molar-refractivity contribution in [2.75, 3.05) is 13.1 Å². The zero-order valence-electron chi connectivity index (χ0n) is 15.6. The van der Waals surface area contributed by atoms with Crippen LogP contribution in [-0.4, -0.2) is 46.0 Å². The van der Waals surface area contributed by atoms with E-state index >= 15 is 0 Å². The number of carbonyl (C=O) groups is 2. The van der Waals surface area contributed by atoms with Gasteiger partial charge in [-0.25, -0.2) is 5.10 Å². The second-order valence-electron chi connectivity index (χ2n) is 7.57. The molecule has 26 heavy (non-hydrogen) atoms. The first-order valence-corrected chi connectivity index (χ1v) is 9.63. The van der Waals surface area contributed by atoms with Gasteiger partial charge in [0.15, 0.2) is 0 Å². The molecule has 3 rings (SSSR count). The number of nitrogens with one attached hydrogen (secondary N) is 2. The quantitative estimate of drug-likeness (QED) is 0.857. The molecule has 2 amide bonds. The molecule has 7 nitrogen and oxygen atoms in total. The Morgan fingerprint density at radius 2 is 1.85 bits per heavy atom. The fourth-order valence-corrected chi connectivity index (χ4v) is 3.98. The Hall–Kier alpha value is -2.18. The Kier molecular flexibility index (Phi) is 5.74. The van der Waals surface area contributed by atoms with E-state index in [0.29, 0.717) is 24.3 Å². The normalized spacial score (nSPS) is 21.5. The van der Waals surface area contributed by atoms with Crippen LogP contribution in [0.1, 0.15) is 66.6 Å². The number of aryl methyl sites for hydroxylation is 1. The summed E-state index contributed by atoms with van der Waals surface area (Å²) >= 11 is 0. The van der Waals surface area contributed by atoms with Crippen molar-refractivity contribution < 1.29 is 9.59 Å². The molecule has 7 heteroatoms. The van der Waals surface area contributed by atoms with Crippen molar-refractivity contribution >= 4 is 11.8 Å². The lowest BCUT2D eigenvalue weighted by atomic mass is 9.92. The molecule has 1 aromatic rings. The van der Waals surface area contributed by atoms with Gasteiger partial charge >= 0.3 is 0 Å². The van der Waals surface area contributed by atoms with Crippen LogP contribution in [0.25, 0.3) is 0 Å². The minimum absolute atomic E-state index is 0.0472. The van der Waals surface area contributed by atoms with E-state index in [1.54, 1.807) is 18.7 Å². The van der Waals surface area contributed by atoms with E-state index in [9.17, 15) is 14.4 Å². The smallest absolute Gasteiger partial charge is 0.277 e. The van der Waals surface area contributed by atoms with Crippen molar-refractivity contribution in [1.82, 2.24) is 20.4 Å². The Bertz CT molecular complexity index is 737. The van der Waals surface area contributed by atoms with Crippen LogP contribution in [0, 0.1) is 19.8 Å². The second kappa shape index (κ2) is 8.01. The number of H-pyrrole nitrogens is 1. The average molecular weight is 360 g/mol. The Morgan fingerprint density at radius 3 is 2.58 bits per heavy atom. The summed E-state index contributed by atoms with van der Waals surface area (Å²) in [7, 11) is 0. The van der Waals surface area contributed by atoms with Crippen LogP contribution in [0.4, 0.5) is 0 Å². The summed E-state index contributed by atoms with van der Waals surface area (Å²) < 4.78 is 0. The Labute approximate surface area is 153 Å². The average Bonchev–Trinajstić information content (AvgIpc) is 2.66. The third-order valence-corrected chi connectivity index (χ3v) is 5.71. The first-order chi connectivity index (χ1) is 12.5. The number of aromatic nitrogens is 2. The van der Waals surface area contributed by atoms with Gasteiger partial charge < -0.3 is 10.2 Å². The van der Waals surface area contributed by atoms with E-state index in [-0.39, 0.29) is 29.3 Å². The summed E-state index contributed by atoms with van der Waals surface area (Å²) in [4.78, 5) is 39.3. The van der Waals surface area contributed by atoms with E-state index in [2.05, 4.69) is 15.5 Å². The van der Waals surface area contributed by atoms with E-state index in [0.717, 1.165) is 25.7 Å². The monoisotopic (exact) mass is 360 g/mol. The number of hydrogen-bond donors (Lipinski definition) is 2. The summed E-state index contributed by atoms with van der Waals surface area (Å²) in [5.41, 5.74) is 0.918. The van der Waals surface area contributed by atoms with Crippen molar-refractivity contribution in [3.8, 4) is 0 Å². The number of piperidine rings is 1. The first kappa shape index (κ1) is 18.6. The van der Waals surface area contributed by atoms with E-state index < -0.39 is 5.56 Å². The van der Waals surface area contributed by atoms with Gasteiger partial charge in [0.1, 0.15) is 5.56 Å². The topological polar surface area (TPSA) is 95.2 Å². The molecule has 142 valence electrons. The van der Waals surface area contributed by atoms with Crippen molar-refractivity contribution in [2.45, 2.75) is 64.8 Å². The first-order valence-electron chi connectivity index (χ1n) is 9.63. The largest absolute Gasteiger partial charge is 0.353 e. The van der Waals surface area contributed by atoms with E-state index in [1.807, 2.05) is 0 Å². The number of aromatic amines is 1. The fourth-order valence-electron chi connectivity index (χ4n) is 3.98. The molecule has 2 N–H and O–H groups in total. The van der Waals surface area contributed by atoms with Crippen molar-refractivity contribution in [1.29, 1.82) is 0 Å². The molecule has 1 atom stereocenters. The maximum absolute atomic E-state index is 12.9. The van der Waals surface area contributed by atoms with Gasteiger partial charge in [-0.1, -0.05) is 19.3 Å². The number of hydrogen-bond acceptors (Lipinski definition) is 4. The highest BCUT2D eigenvalue weighted by Crippen LogP contribution is 2.22. The summed E-state index contributed by atoms with van der Waals surface area (Å²) in [6.45, 7) is 4.45. The predicted molar refractivity (Wildman–Crippen MR) is 98.0 cm³/mol. The van der Waals surface area contributed by atoms with Gasteiger partial charge in [-0.15, -0.1) is 0 Å². The van der Waals surface area contributed by atoms with Crippen LogP contribution in [-0.2, 0) is 4.79 Å². The van der Waals surface area contributed by atoms with Crippen molar-refractivity contribution in [3.05, 3.63) is 27.2 Å². The summed E-state index contributed by atoms with van der Waals surface area (Å²) in [6, 6.07) is 0.273. The number of carbonyl (C=O) groups excluding carboxylic acids is 2. The molecule has 1 saturated carbocycles. The van der Waals surface area contributed by atoms with Crippen LogP contribution in [0.15, 0.2) is 4.79 Å². The summed E-state index contributed by atoms with van der Waals surface area (Å²) in [6.07, 6.45) is 7.24. The zero-order valence-corrected chi connectivity index (χ0v) is 15.6. The van der Waals surface area contributed by atoms with Crippen LogP contribution < -0.4 is 10.9 Å². The molecular formula is C19H28N4O3. The molecule has 0 spiro atoms.